The zero-order valence-corrected chi connectivity index (χ0v) is 20.4. The van der Waals surface area contributed by atoms with E-state index in [9.17, 15) is 9.59 Å². The van der Waals surface area contributed by atoms with Crippen LogP contribution in [0, 0.1) is 0 Å². The zero-order valence-electron chi connectivity index (χ0n) is 20.4. The van der Waals surface area contributed by atoms with Gasteiger partial charge in [-0.25, -0.2) is 4.79 Å². The van der Waals surface area contributed by atoms with Gasteiger partial charge in [0.1, 0.15) is 11.6 Å². The second kappa shape index (κ2) is 11.5. The number of amides is 2. The lowest BCUT2D eigenvalue weighted by Gasteiger charge is -2.36. The van der Waals surface area contributed by atoms with E-state index < -0.39 is 23.3 Å². The van der Waals surface area contributed by atoms with Gasteiger partial charge in [0, 0.05) is 32.7 Å². The number of piperazine rings is 1. The molecule has 0 aliphatic carbocycles. The van der Waals surface area contributed by atoms with Gasteiger partial charge in [-0.1, -0.05) is 42.5 Å². The molecule has 1 atom stereocenters. The van der Waals surface area contributed by atoms with E-state index in [4.69, 9.17) is 9.47 Å². The Morgan fingerprint density at radius 2 is 1.62 bits per heavy atom. The van der Waals surface area contributed by atoms with Crippen LogP contribution < -0.4 is 5.32 Å². The van der Waals surface area contributed by atoms with Gasteiger partial charge in [-0.3, -0.25) is 9.69 Å². The van der Waals surface area contributed by atoms with Crippen molar-refractivity contribution in [2.45, 2.75) is 58.8 Å². The molecule has 1 saturated heterocycles. The highest BCUT2D eigenvalue weighted by atomic mass is 16.6. The van der Waals surface area contributed by atoms with Gasteiger partial charge in [0.2, 0.25) is 5.91 Å². The van der Waals surface area contributed by atoms with Crippen LogP contribution in [0.25, 0.3) is 6.08 Å². The van der Waals surface area contributed by atoms with Gasteiger partial charge >= 0.3 is 6.09 Å². The largest absolute Gasteiger partial charge is 0.444 e. The average Bonchev–Trinajstić information content (AvgIpc) is 2.70. The number of benzene rings is 1. The normalized spacial score (nSPS) is 16.8. The van der Waals surface area contributed by atoms with Crippen LogP contribution in [0.2, 0.25) is 0 Å². The highest BCUT2D eigenvalue weighted by Crippen LogP contribution is 2.12. The Morgan fingerprint density at radius 1 is 1.00 bits per heavy atom. The minimum atomic E-state index is -0.784. The van der Waals surface area contributed by atoms with E-state index in [2.05, 4.69) is 34.5 Å². The lowest BCUT2D eigenvalue weighted by molar-refractivity contribution is -0.138. The molecule has 1 aliphatic rings. The number of hydrogen-bond acceptors (Lipinski definition) is 5. The first-order chi connectivity index (χ1) is 14.9. The molecule has 1 aromatic rings. The van der Waals surface area contributed by atoms with Gasteiger partial charge in [-0.05, 0) is 47.1 Å². The summed E-state index contributed by atoms with van der Waals surface area (Å²) in [4.78, 5) is 29.6. The Balaban J connectivity index is 1.90. The molecule has 1 fully saturated rings. The first-order valence-electron chi connectivity index (χ1n) is 11.3. The van der Waals surface area contributed by atoms with Crippen LogP contribution in [0.3, 0.4) is 0 Å². The Morgan fingerprint density at radius 3 is 2.19 bits per heavy atom. The van der Waals surface area contributed by atoms with Crippen LogP contribution in [-0.4, -0.2) is 78.4 Å². The first kappa shape index (κ1) is 25.9. The third kappa shape index (κ3) is 9.83. The van der Waals surface area contributed by atoms with Crippen LogP contribution in [0.5, 0.6) is 0 Å². The predicted octanol–water partition coefficient (Wildman–Crippen LogP) is 3.55. The third-order valence-electron chi connectivity index (χ3n) is 4.83. The number of hydrogen-bond donors (Lipinski definition) is 1. The predicted molar refractivity (Wildman–Crippen MR) is 127 cm³/mol. The molecule has 2 rings (SSSR count). The lowest BCUT2D eigenvalue weighted by Crippen LogP contribution is -2.57. The number of nitrogens with zero attached hydrogens (tertiary/aromatic N) is 2. The minimum Gasteiger partial charge on any atom is -0.444 e. The van der Waals surface area contributed by atoms with Crippen molar-refractivity contribution in [3.63, 3.8) is 0 Å². The lowest BCUT2D eigenvalue weighted by atomic mass is 10.1. The molecule has 1 N–H and O–H groups in total. The molecule has 1 unspecified atom stereocenters. The number of alkyl carbamates (subject to hydrolysis) is 1. The molecule has 0 radical (unpaired) electrons. The average molecular weight is 446 g/mol. The number of nitrogens with one attached hydrogen (secondary N) is 1. The fourth-order valence-corrected chi connectivity index (χ4v) is 3.23. The van der Waals surface area contributed by atoms with Crippen molar-refractivity contribution in [3.05, 3.63) is 42.0 Å². The minimum absolute atomic E-state index is 0.0988. The molecule has 1 heterocycles. The summed E-state index contributed by atoms with van der Waals surface area (Å²) in [5, 5.41) is 2.70. The molecule has 0 bridgehead atoms. The Labute approximate surface area is 192 Å². The summed E-state index contributed by atoms with van der Waals surface area (Å²) in [6.45, 7) is 14.9. The maximum absolute atomic E-state index is 13.2. The summed E-state index contributed by atoms with van der Waals surface area (Å²) in [6, 6.07) is 9.42. The summed E-state index contributed by atoms with van der Waals surface area (Å²) in [5.41, 5.74) is 0.121. The molecule has 0 aromatic heterocycles. The highest BCUT2D eigenvalue weighted by molar-refractivity contribution is 5.86. The van der Waals surface area contributed by atoms with E-state index in [1.165, 1.54) is 5.56 Å². The molecule has 2 amide bonds. The van der Waals surface area contributed by atoms with Crippen molar-refractivity contribution in [2.75, 3.05) is 39.3 Å². The standard InChI is InChI=1S/C25H39N3O4/c1-24(2,3)31-19-21(26-23(30)32-25(4,5)6)22(29)28-17-15-27(16-18-28)14-10-13-20-11-8-7-9-12-20/h7-13,21H,14-19H2,1-6H3,(H,26,30)/b13-10+. The molecule has 0 saturated carbocycles. The van der Waals surface area contributed by atoms with Crippen LogP contribution in [0.1, 0.15) is 47.1 Å². The van der Waals surface area contributed by atoms with E-state index in [0.29, 0.717) is 13.1 Å². The van der Waals surface area contributed by atoms with Gasteiger partial charge in [0.15, 0.2) is 0 Å². The Hall–Kier alpha value is -2.38. The van der Waals surface area contributed by atoms with Crippen molar-refractivity contribution >= 4 is 18.1 Å². The van der Waals surface area contributed by atoms with Crippen LogP contribution in [0.4, 0.5) is 4.79 Å². The van der Waals surface area contributed by atoms with Crippen LogP contribution >= 0.6 is 0 Å². The maximum Gasteiger partial charge on any atom is 0.408 e. The fourth-order valence-electron chi connectivity index (χ4n) is 3.23. The zero-order chi connectivity index (χ0) is 23.8. The van der Waals surface area contributed by atoms with Crippen molar-refractivity contribution < 1.29 is 19.1 Å². The van der Waals surface area contributed by atoms with Gasteiger partial charge < -0.3 is 19.7 Å². The summed E-state index contributed by atoms with van der Waals surface area (Å²) in [7, 11) is 0. The molecule has 32 heavy (non-hydrogen) atoms. The number of carbonyl (C=O) groups is 2. The van der Waals surface area contributed by atoms with E-state index >= 15 is 0 Å². The summed E-state index contributed by atoms with van der Waals surface area (Å²) in [5.74, 6) is -0.139. The summed E-state index contributed by atoms with van der Waals surface area (Å²) >= 11 is 0. The number of ether oxygens (including phenoxy) is 2. The molecular weight excluding hydrogens is 406 g/mol. The highest BCUT2D eigenvalue weighted by Gasteiger charge is 2.31. The molecule has 0 spiro atoms. The molecule has 178 valence electrons. The van der Waals surface area contributed by atoms with Gasteiger partial charge in [0.25, 0.3) is 0 Å². The van der Waals surface area contributed by atoms with Crippen molar-refractivity contribution in [1.29, 1.82) is 0 Å². The third-order valence-corrected chi connectivity index (χ3v) is 4.83. The first-order valence-corrected chi connectivity index (χ1v) is 11.3. The topological polar surface area (TPSA) is 71.1 Å². The van der Waals surface area contributed by atoms with Crippen molar-refractivity contribution in [2.24, 2.45) is 0 Å². The molecule has 7 heteroatoms. The molecular formula is C25H39N3O4. The smallest absolute Gasteiger partial charge is 0.408 e. The molecule has 1 aromatic carbocycles. The van der Waals surface area contributed by atoms with Crippen LogP contribution in [-0.2, 0) is 14.3 Å². The SMILES string of the molecule is CC(C)(C)OCC(NC(=O)OC(C)(C)C)C(=O)N1CCN(C/C=C/c2ccccc2)CC1. The van der Waals surface area contributed by atoms with Gasteiger partial charge in [0.05, 0.1) is 12.2 Å². The molecule has 1 aliphatic heterocycles. The van der Waals surface area contributed by atoms with E-state index in [-0.39, 0.29) is 12.5 Å². The van der Waals surface area contributed by atoms with E-state index in [1.54, 1.807) is 25.7 Å². The molecule has 7 nitrogen and oxygen atoms in total. The summed E-state index contributed by atoms with van der Waals surface area (Å²) in [6.07, 6.45) is 3.65. The van der Waals surface area contributed by atoms with Crippen molar-refractivity contribution in [3.8, 4) is 0 Å². The van der Waals surface area contributed by atoms with Crippen LogP contribution in [0.15, 0.2) is 36.4 Å². The fraction of sp³-hybridized carbons (Fsp3) is 0.600. The summed E-state index contributed by atoms with van der Waals surface area (Å²) < 4.78 is 11.2. The maximum atomic E-state index is 13.2. The van der Waals surface area contributed by atoms with Crippen molar-refractivity contribution in [1.82, 2.24) is 15.1 Å². The Bertz CT molecular complexity index is 758. The second-order valence-corrected chi connectivity index (χ2v) is 10.1. The van der Waals surface area contributed by atoms with Gasteiger partial charge in [-0.2, -0.15) is 0 Å². The van der Waals surface area contributed by atoms with E-state index in [1.807, 2.05) is 39.0 Å². The van der Waals surface area contributed by atoms with E-state index in [0.717, 1.165) is 19.6 Å². The Kier molecular flexibility index (Phi) is 9.28. The van der Waals surface area contributed by atoms with Gasteiger partial charge in [-0.15, -0.1) is 0 Å². The monoisotopic (exact) mass is 445 g/mol. The number of rotatable bonds is 7. The second-order valence-electron chi connectivity index (χ2n) is 10.1. The number of carbonyl (C=O) groups excluding carboxylic acids is 2. The quantitative estimate of drug-likeness (QED) is 0.695.